The number of carbonyl (C=O) groups excluding carboxylic acids is 1. The number of rotatable bonds is 5. The van der Waals surface area contributed by atoms with Crippen molar-refractivity contribution in [2.75, 3.05) is 5.32 Å². The Labute approximate surface area is 119 Å². The summed E-state index contributed by atoms with van der Waals surface area (Å²) in [7, 11) is 0. The molecule has 6 nitrogen and oxygen atoms in total. The fraction of sp³-hybridized carbons (Fsp3) is 0.455. The monoisotopic (exact) mass is 297 g/mol. The Balaban J connectivity index is 1.98. The molecule has 1 amide bonds. The van der Waals surface area contributed by atoms with Gasteiger partial charge in [-0.3, -0.25) is 4.79 Å². The van der Waals surface area contributed by atoms with E-state index in [1.165, 1.54) is 23.1 Å². The predicted molar refractivity (Wildman–Crippen MR) is 76.5 cm³/mol. The molecular formula is C11H15N5OS2. The molecule has 2 aromatic heterocycles. The summed E-state index contributed by atoms with van der Waals surface area (Å²) in [5.41, 5.74) is 1.65. The van der Waals surface area contributed by atoms with E-state index >= 15 is 0 Å². The SMILES string of the molecule is CC(Sc1nncs1)C(=O)Nc1ccnn1C(C)C. The van der Waals surface area contributed by atoms with Gasteiger partial charge in [0.25, 0.3) is 0 Å². The van der Waals surface area contributed by atoms with Crippen LogP contribution in [0.25, 0.3) is 0 Å². The van der Waals surface area contributed by atoms with Crippen LogP contribution in [0.15, 0.2) is 22.1 Å². The van der Waals surface area contributed by atoms with E-state index in [4.69, 9.17) is 0 Å². The van der Waals surface area contributed by atoms with Crippen molar-refractivity contribution in [2.24, 2.45) is 0 Å². The predicted octanol–water partition coefficient (Wildman–Crippen LogP) is 2.43. The van der Waals surface area contributed by atoms with E-state index in [9.17, 15) is 4.79 Å². The fourth-order valence-electron chi connectivity index (χ4n) is 1.47. The number of hydrogen-bond donors (Lipinski definition) is 1. The Bertz CT molecular complexity index is 537. The number of carbonyl (C=O) groups is 1. The van der Waals surface area contributed by atoms with Gasteiger partial charge in [-0.15, -0.1) is 10.2 Å². The zero-order valence-electron chi connectivity index (χ0n) is 10.9. The first-order valence-electron chi connectivity index (χ1n) is 5.85. The molecule has 0 aromatic carbocycles. The third-order valence-electron chi connectivity index (χ3n) is 2.40. The minimum atomic E-state index is -0.233. The van der Waals surface area contributed by atoms with Gasteiger partial charge < -0.3 is 5.32 Å². The van der Waals surface area contributed by atoms with Gasteiger partial charge in [-0.2, -0.15) is 5.10 Å². The van der Waals surface area contributed by atoms with Crippen molar-refractivity contribution in [3.63, 3.8) is 0 Å². The van der Waals surface area contributed by atoms with Crippen LogP contribution in [0.5, 0.6) is 0 Å². The Kier molecular flexibility index (Phi) is 4.54. The normalized spacial score (nSPS) is 12.6. The van der Waals surface area contributed by atoms with Crippen molar-refractivity contribution < 1.29 is 4.79 Å². The van der Waals surface area contributed by atoms with Gasteiger partial charge in [-0.25, -0.2) is 4.68 Å². The number of amides is 1. The molecule has 2 aromatic rings. The molecule has 0 radical (unpaired) electrons. The number of nitrogens with zero attached hydrogens (tertiary/aromatic N) is 4. The van der Waals surface area contributed by atoms with Crippen molar-refractivity contribution in [3.8, 4) is 0 Å². The summed E-state index contributed by atoms with van der Waals surface area (Å²) < 4.78 is 2.57. The van der Waals surface area contributed by atoms with E-state index in [1.807, 2.05) is 20.8 Å². The highest BCUT2D eigenvalue weighted by atomic mass is 32.2. The van der Waals surface area contributed by atoms with E-state index in [0.29, 0.717) is 5.82 Å². The maximum atomic E-state index is 12.1. The van der Waals surface area contributed by atoms with Gasteiger partial charge in [-0.05, 0) is 20.8 Å². The molecule has 0 saturated heterocycles. The first kappa shape index (κ1) is 14.0. The Morgan fingerprint density at radius 2 is 2.26 bits per heavy atom. The highest BCUT2D eigenvalue weighted by Crippen LogP contribution is 2.25. The van der Waals surface area contributed by atoms with Crippen LogP contribution in [0.3, 0.4) is 0 Å². The molecule has 0 aliphatic rings. The zero-order chi connectivity index (χ0) is 13.8. The van der Waals surface area contributed by atoms with Gasteiger partial charge in [0.05, 0.1) is 11.4 Å². The van der Waals surface area contributed by atoms with E-state index in [0.717, 1.165) is 4.34 Å². The number of thioether (sulfide) groups is 1. The number of hydrogen-bond acceptors (Lipinski definition) is 6. The average Bonchev–Trinajstić information content (AvgIpc) is 2.99. The summed E-state index contributed by atoms with van der Waals surface area (Å²) in [6.45, 7) is 5.88. The third-order valence-corrected chi connectivity index (χ3v) is 4.31. The van der Waals surface area contributed by atoms with Crippen LogP contribution < -0.4 is 5.32 Å². The van der Waals surface area contributed by atoms with Crippen LogP contribution >= 0.6 is 23.1 Å². The molecule has 0 aliphatic heterocycles. The first-order valence-corrected chi connectivity index (χ1v) is 7.61. The van der Waals surface area contributed by atoms with Crippen LogP contribution in [0.1, 0.15) is 26.8 Å². The fourth-order valence-corrected chi connectivity index (χ4v) is 3.10. The molecule has 102 valence electrons. The van der Waals surface area contributed by atoms with Crippen molar-refractivity contribution in [1.29, 1.82) is 0 Å². The van der Waals surface area contributed by atoms with Gasteiger partial charge >= 0.3 is 0 Å². The molecule has 0 fully saturated rings. The lowest BCUT2D eigenvalue weighted by Crippen LogP contribution is -2.24. The van der Waals surface area contributed by atoms with E-state index < -0.39 is 0 Å². The molecule has 2 rings (SSSR count). The van der Waals surface area contributed by atoms with E-state index in [2.05, 4.69) is 20.6 Å². The largest absolute Gasteiger partial charge is 0.310 e. The molecule has 1 N–H and O–H groups in total. The standard InChI is InChI=1S/C11H15N5OS2/c1-7(2)16-9(4-5-13-16)14-10(17)8(3)19-11-15-12-6-18-11/h4-8H,1-3H3,(H,14,17). The van der Waals surface area contributed by atoms with Crippen LogP contribution in [-0.2, 0) is 4.79 Å². The summed E-state index contributed by atoms with van der Waals surface area (Å²) >= 11 is 2.83. The van der Waals surface area contributed by atoms with Crippen LogP contribution in [0, 0.1) is 0 Å². The maximum absolute atomic E-state index is 12.1. The van der Waals surface area contributed by atoms with Crippen molar-refractivity contribution in [1.82, 2.24) is 20.0 Å². The van der Waals surface area contributed by atoms with Crippen molar-refractivity contribution >= 4 is 34.8 Å². The molecule has 2 heterocycles. The van der Waals surface area contributed by atoms with Gasteiger partial charge in [0.2, 0.25) is 5.91 Å². The zero-order valence-corrected chi connectivity index (χ0v) is 12.5. The Morgan fingerprint density at radius 1 is 1.47 bits per heavy atom. The second-order valence-electron chi connectivity index (χ2n) is 4.21. The molecule has 0 saturated carbocycles. The van der Waals surface area contributed by atoms with Gasteiger partial charge in [0.1, 0.15) is 11.3 Å². The molecule has 0 aliphatic carbocycles. The molecule has 0 spiro atoms. The number of anilines is 1. The first-order chi connectivity index (χ1) is 9.08. The summed E-state index contributed by atoms with van der Waals surface area (Å²) in [5.74, 6) is 0.646. The molecule has 1 atom stereocenters. The lowest BCUT2D eigenvalue weighted by Gasteiger charge is -2.14. The smallest absolute Gasteiger partial charge is 0.238 e. The minimum Gasteiger partial charge on any atom is -0.310 e. The van der Waals surface area contributed by atoms with E-state index in [-0.39, 0.29) is 17.2 Å². The van der Waals surface area contributed by atoms with Gasteiger partial charge in [0.15, 0.2) is 4.34 Å². The number of aromatic nitrogens is 4. The van der Waals surface area contributed by atoms with Crippen LogP contribution in [0.2, 0.25) is 0 Å². The quantitative estimate of drug-likeness (QED) is 0.858. The van der Waals surface area contributed by atoms with Crippen molar-refractivity contribution in [2.45, 2.75) is 36.4 Å². The summed E-state index contributed by atoms with van der Waals surface area (Å²) in [6, 6.07) is 2.00. The Morgan fingerprint density at radius 3 is 2.89 bits per heavy atom. The second kappa shape index (κ2) is 6.16. The maximum Gasteiger partial charge on any atom is 0.238 e. The van der Waals surface area contributed by atoms with E-state index in [1.54, 1.807) is 22.5 Å². The summed E-state index contributed by atoms with van der Waals surface area (Å²) in [5, 5.41) is 14.5. The molecule has 1 unspecified atom stereocenters. The lowest BCUT2D eigenvalue weighted by molar-refractivity contribution is -0.115. The lowest BCUT2D eigenvalue weighted by atomic mass is 10.4. The molecular weight excluding hydrogens is 282 g/mol. The van der Waals surface area contributed by atoms with Crippen LogP contribution in [0.4, 0.5) is 5.82 Å². The highest BCUT2D eigenvalue weighted by molar-refractivity contribution is 8.02. The topological polar surface area (TPSA) is 72.7 Å². The summed E-state index contributed by atoms with van der Waals surface area (Å²) in [4.78, 5) is 12.1. The second-order valence-corrected chi connectivity index (χ2v) is 6.63. The molecule has 19 heavy (non-hydrogen) atoms. The highest BCUT2D eigenvalue weighted by Gasteiger charge is 2.18. The number of nitrogens with one attached hydrogen (secondary N) is 1. The minimum absolute atomic E-state index is 0.0670. The van der Waals surface area contributed by atoms with Gasteiger partial charge in [-0.1, -0.05) is 23.1 Å². The van der Waals surface area contributed by atoms with Crippen molar-refractivity contribution in [3.05, 3.63) is 17.8 Å². The summed E-state index contributed by atoms with van der Waals surface area (Å²) in [6.07, 6.45) is 1.68. The van der Waals surface area contributed by atoms with Gasteiger partial charge in [0, 0.05) is 12.1 Å². The average molecular weight is 297 g/mol. The molecule has 0 bridgehead atoms. The Hall–Kier alpha value is -1.41. The van der Waals surface area contributed by atoms with Crippen LogP contribution in [-0.4, -0.2) is 31.1 Å². The third kappa shape index (κ3) is 3.54. The molecule has 8 heteroatoms.